The van der Waals surface area contributed by atoms with Crippen LogP contribution in [0.25, 0.3) is 0 Å². The Bertz CT molecular complexity index is 561. The minimum absolute atomic E-state index is 0.0513. The maximum atomic E-state index is 12.8. The minimum atomic E-state index is -1.00. The molecule has 1 aromatic carbocycles. The molecule has 2 saturated heterocycles. The third-order valence-corrected chi connectivity index (χ3v) is 6.14. The third-order valence-electron chi connectivity index (χ3n) is 4.79. The van der Waals surface area contributed by atoms with Crippen molar-refractivity contribution in [2.24, 2.45) is 0 Å². The Morgan fingerprint density at radius 1 is 1.12 bits per heavy atom. The number of morpholine rings is 1. The fourth-order valence-electron chi connectivity index (χ4n) is 3.42. The average Bonchev–Trinajstić information content (AvgIpc) is 2.67. The van der Waals surface area contributed by atoms with E-state index in [2.05, 4.69) is 4.90 Å². The second-order valence-corrected chi connectivity index (χ2v) is 7.92. The average molecular weight is 350 g/mol. The first-order chi connectivity index (χ1) is 11.8. The van der Waals surface area contributed by atoms with Crippen LogP contribution in [0.1, 0.15) is 19.3 Å². The van der Waals surface area contributed by atoms with Crippen molar-refractivity contribution in [1.29, 1.82) is 0 Å². The maximum absolute atomic E-state index is 12.8. The summed E-state index contributed by atoms with van der Waals surface area (Å²) in [4.78, 5) is 17.9. The zero-order valence-corrected chi connectivity index (χ0v) is 14.9. The molecule has 6 heteroatoms. The van der Waals surface area contributed by atoms with E-state index >= 15 is 0 Å². The second kappa shape index (κ2) is 8.74. The van der Waals surface area contributed by atoms with Gasteiger partial charge in [-0.3, -0.25) is 13.9 Å². The zero-order valence-electron chi connectivity index (χ0n) is 14.1. The van der Waals surface area contributed by atoms with E-state index in [1.807, 2.05) is 35.2 Å². The van der Waals surface area contributed by atoms with Crippen LogP contribution in [0.15, 0.2) is 35.2 Å². The summed E-state index contributed by atoms with van der Waals surface area (Å²) in [6.45, 7) is 4.29. The lowest BCUT2D eigenvalue weighted by Gasteiger charge is -2.38. The van der Waals surface area contributed by atoms with Gasteiger partial charge < -0.3 is 9.64 Å². The minimum Gasteiger partial charge on any atom is -0.378 e. The van der Waals surface area contributed by atoms with Gasteiger partial charge in [0.05, 0.1) is 30.1 Å². The van der Waals surface area contributed by atoms with Crippen LogP contribution in [-0.2, 0) is 20.3 Å². The number of ether oxygens (including phenoxy) is 1. The van der Waals surface area contributed by atoms with Crippen LogP contribution in [0.3, 0.4) is 0 Å². The Balaban J connectivity index is 1.58. The number of nitrogens with zero attached hydrogens (tertiary/aromatic N) is 2. The van der Waals surface area contributed by atoms with Gasteiger partial charge in [0.25, 0.3) is 0 Å². The van der Waals surface area contributed by atoms with E-state index < -0.39 is 10.8 Å². The number of piperidine rings is 1. The number of benzene rings is 1. The zero-order chi connectivity index (χ0) is 16.8. The van der Waals surface area contributed by atoms with Crippen molar-refractivity contribution in [3.63, 3.8) is 0 Å². The highest BCUT2D eigenvalue weighted by molar-refractivity contribution is 7.85. The Labute approximate surface area is 146 Å². The number of likely N-dealkylation sites (tertiary alicyclic amines) is 1. The first-order valence-corrected chi connectivity index (χ1v) is 10.1. The summed E-state index contributed by atoms with van der Waals surface area (Å²) in [5, 5.41) is 0. The van der Waals surface area contributed by atoms with Crippen LogP contribution in [0.5, 0.6) is 0 Å². The van der Waals surface area contributed by atoms with Crippen LogP contribution in [-0.4, -0.2) is 71.1 Å². The molecule has 2 aliphatic rings. The summed E-state index contributed by atoms with van der Waals surface area (Å²) in [7, 11) is -1.00. The molecule has 0 saturated carbocycles. The van der Waals surface area contributed by atoms with Gasteiger partial charge in [0.2, 0.25) is 5.91 Å². The summed E-state index contributed by atoms with van der Waals surface area (Å²) in [6, 6.07) is 9.52. The van der Waals surface area contributed by atoms with Crippen LogP contribution < -0.4 is 0 Å². The van der Waals surface area contributed by atoms with Crippen molar-refractivity contribution in [2.45, 2.75) is 30.2 Å². The first-order valence-electron chi connectivity index (χ1n) is 8.80. The fraction of sp³-hybridized carbons (Fsp3) is 0.611. The normalized spacial score (nSPS) is 23.8. The van der Waals surface area contributed by atoms with E-state index in [1.54, 1.807) is 0 Å². The Hall–Kier alpha value is -1.24. The molecule has 0 bridgehead atoms. The maximum Gasteiger partial charge on any atom is 0.240 e. The highest BCUT2D eigenvalue weighted by atomic mass is 32.2. The number of carbonyl (C=O) groups is 1. The molecule has 132 valence electrons. The highest BCUT2D eigenvalue weighted by Crippen LogP contribution is 2.20. The molecule has 2 unspecified atom stereocenters. The van der Waals surface area contributed by atoms with Crippen LogP contribution in [0.4, 0.5) is 0 Å². The van der Waals surface area contributed by atoms with Crippen molar-refractivity contribution in [2.75, 3.05) is 45.1 Å². The van der Waals surface area contributed by atoms with Gasteiger partial charge in [-0.2, -0.15) is 0 Å². The van der Waals surface area contributed by atoms with E-state index in [4.69, 9.17) is 4.74 Å². The highest BCUT2D eigenvalue weighted by Gasteiger charge is 2.32. The molecule has 0 spiro atoms. The first kappa shape index (κ1) is 17.6. The van der Waals surface area contributed by atoms with Gasteiger partial charge >= 0.3 is 0 Å². The van der Waals surface area contributed by atoms with Gasteiger partial charge in [-0.05, 0) is 31.5 Å². The molecule has 1 aromatic rings. The van der Waals surface area contributed by atoms with Gasteiger partial charge in [0.1, 0.15) is 0 Å². The van der Waals surface area contributed by atoms with E-state index in [9.17, 15) is 9.00 Å². The van der Waals surface area contributed by atoms with Crippen molar-refractivity contribution in [3.05, 3.63) is 30.3 Å². The van der Waals surface area contributed by atoms with Gasteiger partial charge in [0.15, 0.2) is 0 Å². The largest absolute Gasteiger partial charge is 0.378 e. The van der Waals surface area contributed by atoms with Crippen LogP contribution >= 0.6 is 0 Å². The number of carbonyl (C=O) groups excluding carboxylic acids is 1. The lowest BCUT2D eigenvalue weighted by Crippen LogP contribution is -2.54. The molecule has 0 aromatic heterocycles. The molecule has 0 N–H and O–H groups in total. The molecule has 2 aliphatic heterocycles. The summed E-state index contributed by atoms with van der Waals surface area (Å²) in [5.41, 5.74) is 0. The lowest BCUT2D eigenvalue weighted by atomic mass is 10.0. The molecule has 0 radical (unpaired) electrons. The molecular formula is C18H26N2O3S. The lowest BCUT2D eigenvalue weighted by molar-refractivity contribution is -0.142. The van der Waals surface area contributed by atoms with Crippen molar-refractivity contribution in [3.8, 4) is 0 Å². The van der Waals surface area contributed by atoms with E-state index in [0.717, 1.165) is 30.7 Å². The van der Waals surface area contributed by atoms with E-state index in [1.165, 1.54) is 0 Å². The van der Waals surface area contributed by atoms with Crippen molar-refractivity contribution < 1.29 is 13.7 Å². The van der Waals surface area contributed by atoms with Gasteiger partial charge in [-0.15, -0.1) is 0 Å². The van der Waals surface area contributed by atoms with Crippen LogP contribution in [0.2, 0.25) is 0 Å². The summed E-state index contributed by atoms with van der Waals surface area (Å²) in [6.07, 6.45) is 3.12. The Kier molecular flexibility index (Phi) is 6.40. The van der Waals surface area contributed by atoms with Crippen molar-refractivity contribution >= 4 is 16.7 Å². The molecule has 2 fully saturated rings. The Morgan fingerprint density at radius 2 is 1.88 bits per heavy atom. The molecular weight excluding hydrogens is 324 g/mol. The number of rotatable bonds is 5. The van der Waals surface area contributed by atoms with Crippen LogP contribution in [0, 0.1) is 0 Å². The monoisotopic (exact) mass is 350 g/mol. The third kappa shape index (κ3) is 4.43. The smallest absolute Gasteiger partial charge is 0.240 e. The number of hydrogen-bond donors (Lipinski definition) is 0. The summed E-state index contributed by atoms with van der Waals surface area (Å²) in [5.74, 6) is 0.806. The summed E-state index contributed by atoms with van der Waals surface area (Å²) >= 11 is 0. The molecule has 2 heterocycles. The van der Waals surface area contributed by atoms with E-state index in [0.29, 0.717) is 38.6 Å². The predicted octanol–water partition coefficient (Wildman–Crippen LogP) is 1.51. The molecule has 24 heavy (non-hydrogen) atoms. The van der Waals surface area contributed by atoms with Gasteiger partial charge in [0, 0.05) is 30.3 Å². The topological polar surface area (TPSA) is 49.9 Å². The molecule has 0 aliphatic carbocycles. The van der Waals surface area contributed by atoms with Crippen molar-refractivity contribution in [1.82, 2.24) is 9.80 Å². The SMILES string of the molecule is O=C(C1CCCCN1CCS(=O)c1ccccc1)N1CCOCC1. The molecule has 3 rings (SSSR count). The quantitative estimate of drug-likeness (QED) is 0.808. The standard InChI is InChI=1S/C18H26N2O3S/c21-18(20-10-13-23-14-11-20)17-8-4-5-9-19(17)12-15-24(22)16-6-2-1-3-7-16/h1-3,6-7,17H,4-5,8-15H2. The second-order valence-electron chi connectivity index (χ2n) is 6.35. The molecule has 5 nitrogen and oxygen atoms in total. The fourth-order valence-corrected chi connectivity index (χ4v) is 4.52. The number of hydrogen-bond acceptors (Lipinski definition) is 4. The Morgan fingerprint density at radius 3 is 2.62 bits per heavy atom. The summed E-state index contributed by atoms with van der Waals surface area (Å²) < 4.78 is 17.8. The molecule has 1 amide bonds. The predicted molar refractivity (Wildman–Crippen MR) is 94.3 cm³/mol. The van der Waals surface area contributed by atoms with E-state index in [-0.39, 0.29) is 11.9 Å². The molecule has 2 atom stereocenters. The van der Waals surface area contributed by atoms with Gasteiger partial charge in [-0.1, -0.05) is 24.6 Å². The number of amides is 1. The van der Waals surface area contributed by atoms with Gasteiger partial charge in [-0.25, -0.2) is 0 Å².